The third kappa shape index (κ3) is 3.89. The number of ether oxygens (including phenoxy) is 1. The van der Waals surface area contributed by atoms with Crippen molar-refractivity contribution in [3.8, 4) is 11.8 Å². The predicted molar refractivity (Wildman–Crippen MR) is 133 cm³/mol. The first kappa shape index (κ1) is 24.6. The molecular weight excluding hydrogens is 488 g/mol. The van der Waals surface area contributed by atoms with Crippen LogP contribution in [0.4, 0.5) is 5.82 Å². The molecule has 2 aliphatic heterocycles. The summed E-state index contributed by atoms with van der Waals surface area (Å²) in [7, 11) is 1.58. The zero-order valence-corrected chi connectivity index (χ0v) is 21.6. The van der Waals surface area contributed by atoms with Gasteiger partial charge in [-0.3, -0.25) is 19.2 Å². The van der Waals surface area contributed by atoms with Gasteiger partial charge in [-0.15, -0.1) is 0 Å². The van der Waals surface area contributed by atoms with E-state index in [-0.39, 0.29) is 36.1 Å². The number of fused-ring (bicyclic) bond motifs is 1. The van der Waals surface area contributed by atoms with Gasteiger partial charge in [-0.1, -0.05) is 12.8 Å². The minimum absolute atomic E-state index is 0.0127. The Morgan fingerprint density at radius 1 is 1.32 bits per heavy atom. The molecule has 0 aromatic carbocycles. The van der Waals surface area contributed by atoms with Gasteiger partial charge >= 0.3 is 0 Å². The fraction of sp³-hybridized carbons (Fsp3) is 0.630. The van der Waals surface area contributed by atoms with Gasteiger partial charge in [0.2, 0.25) is 23.3 Å². The summed E-state index contributed by atoms with van der Waals surface area (Å²) in [5.41, 5.74) is -1.72. The molecule has 11 nitrogen and oxygen atoms in total. The van der Waals surface area contributed by atoms with E-state index in [2.05, 4.69) is 21.7 Å². The number of likely N-dealkylation sites (N-methyl/N-ethyl adjacent to an activating group) is 1. The number of rotatable bonds is 7. The van der Waals surface area contributed by atoms with Crippen LogP contribution in [0, 0.1) is 28.6 Å². The van der Waals surface area contributed by atoms with Crippen LogP contribution in [-0.4, -0.2) is 75.7 Å². The Morgan fingerprint density at radius 3 is 2.68 bits per heavy atom. The summed E-state index contributed by atoms with van der Waals surface area (Å²) in [6, 6.07) is 3.05. The Labute approximate surface area is 220 Å². The third-order valence-corrected chi connectivity index (χ3v) is 9.07. The first-order chi connectivity index (χ1) is 18.1. The average Bonchev–Trinajstić information content (AvgIpc) is 3.58. The molecule has 11 heteroatoms. The van der Waals surface area contributed by atoms with Crippen molar-refractivity contribution < 1.29 is 23.9 Å². The summed E-state index contributed by atoms with van der Waals surface area (Å²) in [6.45, 7) is 1.54. The maximum Gasteiger partial charge on any atom is 0.271 e. The van der Waals surface area contributed by atoms with Gasteiger partial charge in [0.1, 0.15) is 18.1 Å². The van der Waals surface area contributed by atoms with Crippen LogP contribution < -0.4 is 15.4 Å². The van der Waals surface area contributed by atoms with Gasteiger partial charge in [0.25, 0.3) is 5.91 Å². The molecule has 3 heterocycles. The van der Waals surface area contributed by atoms with Gasteiger partial charge < -0.3 is 25.2 Å². The zero-order chi connectivity index (χ0) is 26.8. The summed E-state index contributed by atoms with van der Waals surface area (Å²) >= 11 is 0. The number of nitriles is 1. The normalized spacial score (nSPS) is 31.9. The number of nitrogens with one attached hydrogen (secondary N) is 2. The molecule has 4 saturated carbocycles. The second kappa shape index (κ2) is 8.68. The summed E-state index contributed by atoms with van der Waals surface area (Å²) < 4.78 is 6.07. The molecule has 0 radical (unpaired) electrons. The molecule has 1 aromatic heterocycles. The number of carbonyl (C=O) groups excluding carboxylic acids is 4. The van der Waals surface area contributed by atoms with Gasteiger partial charge in [0.15, 0.2) is 11.6 Å². The topological polar surface area (TPSA) is 145 Å². The molecular formula is C27H32N6O5. The Hall–Kier alpha value is -3.68. The van der Waals surface area contributed by atoms with Crippen molar-refractivity contribution in [3.05, 3.63) is 18.3 Å². The van der Waals surface area contributed by atoms with E-state index in [1.807, 2.05) is 0 Å². The van der Waals surface area contributed by atoms with Crippen molar-refractivity contribution in [2.24, 2.45) is 17.3 Å². The number of likely N-dealkylation sites (tertiary alicyclic amines) is 1. The number of aromatic nitrogens is 1. The minimum atomic E-state index is -1.41. The van der Waals surface area contributed by atoms with E-state index in [1.165, 1.54) is 16.0 Å². The lowest BCUT2D eigenvalue weighted by Gasteiger charge is -2.60. The molecule has 5 fully saturated rings. The predicted octanol–water partition coefficient (Wildman–Crippen LogP) is 1.21. The van der Waals surface area contributed by atoms with Crippen LogP contribution in [0.3, 0.4) is 0 Å². The van der Waals surface area contributed by atoms with Crippen LogP contribution >= 0.6 is 0 Å². The van der Waals surface area contributed by atoms with Crippen molar-refractivity contribution in [2.75, 3.05) is 18.9 Å². The third-order valence-electron chi connectivity index (χ3n) is 9.07. The maximum atomic E-state index is 14.0. The average molecular weight is 521 g/mol. The first-order valence-electron chi connectivity index (χ1n) is 13.4. The van der Waals surface area contributed by atoms with Crippen LogP contribution in [0.5, 0.6) is 5.75 Å². The van der Waals surface area contributed by atoms with Gasteiger partial charge in [0, 0.05) is 25.1 Å². The molecule has 1 aromatic rings. The smallest absolute Gasteiger partial charge is 0.271 e. The van der Waals surface area contributed by atoms with Crippen molar-refractivity contribution in [1.82, 2.24) is 20.1 Å². The van der Waals surface area contributed by atoms with Crippen LogP contribution in [-0.2, 0) is 19.2 Å². The highest BCUT2D eigenvalue weighted by molar-refractivity contribution is 6.01. The number of hydrogen-bond donors (Lipinski definition) is 2. The van der Waals surface area contributed by atoms with Crippen molar-refractivity contribution in [3.63, 3.8) is 0 Å². The largest absolute Gasteiger partial charge is 0.472 e. The molecule has 6 aliphatic rings. The van der Waals surface area contributed by atoms with E-state index >= 15 is 0 Å². The van der Waals surface area contributed by atoms with E-state index in [0.29, 0.717) is 29.8 Å². The second-order valence-electron chi connectivity index (χ2n) is 11.8. The number of pyridine rings is 1. The zero-order valence-electron chi connectivity index (χ0n) is 21.6. The molecule has 4 atom stereocenters. The molecule has 2 N–H and O–H groups in total. The molecule has 200 valence electrons. The molecule has 7 rings (SSSR count). The highest BCUT2D eigenvalue weighted by atomic mass is 16.5. The highest BCUT2D eigenvalue weighted by Crippen LogP contribution is 2.64. The van der Waals surface area contributed by atoms with Crippen molar-refractivity contribution in [1.29, 1.82) is 5.26 Å². The van der Waals surface area contributed by atoms with Crippen LogP contribution in [0.15, 0.2) is 18.3 Å². The standard InChI is InChI=1S/C27H32N6O5/c1-15(30-24(36)26-9-17(10-26)11-26)22(34)32(2)19(8-16-5-6-16)23(35)33-14-27(12-18(33)13-28)25(37)31-21-20(38-27)4-3-7-29-21/h3-4,7,15-19H,5-6,8-12,14H2,1-2H3,(H,30,36)(H,29,31,37)/t15-,17?,18-,19-,26?,27+/m0/s1. The molecule has 1 saturated heterocycles. The maximum absolute atomic E-state index is 14.0. The van der Waals surface area contributed by atoms with Gasteiger partial charge in [-0.05, 0) is 56.6 Å². The molecule has 38 heavy (non-hydrogen) atoms. The number of hydrogen-bond acceptors (Lipinski definition) is 7. The van der Waals surface area contributed by atoms with Crippen LogP contribution in [0.25, 0.3) is 0 Å². The lowest BCUT2D eigenvalue weighted by atomic mass is 9.44. The van der Waals surface area contributed by atoms with Gasteiger partial charge in [0.05, 0.1) is 12.6 Å². The van der Waals surface area contributed by atoms with E-state index in [4.69, 9.17) is 4.74 Å². The Balaban J connectivity index is 1.19. The van der Waals surface area contributed by atoms with E-state index < -0.39 is 29.6 Å². The number of anilines is 1. The number of amides is 4. The Morgan fingerprint density at radius 2 is 2.05 bits per heavy atom. The fourth-order valence-corrected chi connectivity index (χ4v) is 6.42. The number of nitrogens with zero attached hydrogens (tertiary/aromatic N) is 4. The molecule has 2 bridgehead atoms. The lowest BCUT2D eigenvalue weighted by molar-refractivity contribution is -0.167. The van der Waals surface area contributed by atoms with Crippen molar-refractivity contribution in [2.45, 2.75) is 75.6 Å². The molecule has 1 spiro atoms. The first-order valence-corrected chi connectivity index (χ1v) is 13.4. The Kier molecular flexibility index (Phi) is 5.63. The van der Waals surface area contributed by atoms with Crippen LogP contribution in [0.1, 0.15) is 51.9 Å². The molecule has 4 amide bonds. The van der Waals surface area contributed by atoms with Gasteiger partial charge in [-0.2, -0.15) is 5.26 Å². The Bertz CT molecular complexity index is 1240. The molecule has 0 unspecified atom stereocenters. The van der Waals surface area contributed by atoms with Gasteiger partial charge in [-0.25, -0.2) is 4.98 Å². The minimum Gasteiger partial charge on any atom is -0.472 e. The van der Waals surface area contributed by atoms with E-state index in [0.717, 1.165) is 32.1 Å². The SMILES string of the molecule is C[C@H](NC(=O)C12CC(C1)C2)C(=O)N(C)[C@@H](CC1CC1)C(=O)N1C[C@@]2(C[C@H]1C#N)Oc1cccnc1NC2=O. The second-order valence-corrected chi connectivity index (χ2v) is 11.8. The van der Waals surface area contributed by atoms with Crippen molar-refractivity contribution >= 4 is 29.4 Å². The summed E-state index contributed by atoms with van der Waals surface area (Å²) in [5, 5.41) is 15.5. The quantitative estimate of drug-likeness (QED) is 0.550. The summed E-state index contributed by atoms with van der Waals surface area (Å²) in [6.07, 6.45) is 6.64. The number of carbonyl (C=O) groups is 4. The highest BCUT2D eigenvalue weighted by Gasteiger charge is 2.61. The van der Waals surface area contributed by atoms with E-state index in [1.54, 1.807) is 26.1 Å². The summed E-state index contributed by atoms with van der Waals surface area (Å²) in [5.74, 6) is 0.371. The summed E-state index contributed by atoms with van der Waals surface area (Å²) in [4.78, 5) is 60.1. The monoisotopic (exact) mass is 520 g/mol. The fourth-order valence-electron chi connectivity index (χ4n) is 6.42. The van der Waals surface area contributed by atoms with Crippen LogP contribution in [0.2, 0.25) is 0 Å². The molecule has 4 aliphatic carbocycles. The lowest BCUT2D eigenvalue weighted by Crippen LogP contribution is -2.63. The van der Waals surface area contributed by atoms with E-state index in [9.17, 15) is 24.4 Å².